The van der Waals surface area contributed by atoms with Gasteiger partial charge in [0.2, 0.25) is 0 Å². The Morgan fingerprint density at radius 2 is 1.97 bits per heavy atom. The number of ether oxygens (including phenoxy) is 2. The first-order valence-electron chi connectivity index (χ1n) is 10.3. The van der Waals surface area contributed by atoms with Crippen LogP contribution in [0.5, 0.6) is 6.01 Å². The van der Waals surface area contributed by atoms with Crippen molar-refractivity contribution in [3.8, 4) is 6.01 Å². The second kappa shape index (κ2) is 6.83. The first kappa shape index (κ1) is 19.1. The molecule has 2 aliphatic heterocycles. The van der Waals surface area contributed by atoms with E-state index in [0.29, 0.717) is 12.6 Å². The number of hydrogen-bond acceptors (Lipinski definition) is 5. The summed E-state index contributed by atoms with van der Waals surface area (Å²) in [5, 5.41) is 0.837. The highest BCUT2D eigenvalue weighted by atomic mass is 35.5. The van der Waals surface area contributed by atoms with Crippen molar-refractivity contribution in [1.82, 2.24) is 9.97 Å². The summed E-state index contributed by atoms with van der Waals surface area (Å²) in [6.07, 6.45) is 2.61. The molecule has 154 valence electrons. The van der Waals surface area contributed by atoms with Crippen LogP contribution in [0.25, 0.3) is 0 Å². The van der Waals surface area contributed by atoms with Gasteiger partial charge in [0, 0.05) is 17.0 Å². The molecule has 1 fully saturated rings. The molecule has 2 aromatic rings. The van der Waals surface area contributed by atoms with Crippen LogP contribution in [0.1, 0.15) is 28.8 Å². The van der Waals surface area contributed by atoms with Gasteiger partial charge in [0.1, 0.15) is 5.82 Å². The van der Waals surface area contributed by atoms with E-state index in [1.54, 1.807) is 7.11 Å². The number of benzene rings is 1. The quantitative estimate of drug-likeness (QED) is 0.706. The SMILES string of the molecule is COc1nc2c(c(N3CC[N+](C)(C)CC3)n1)COC1(CCc3c(Cl)cccc31)C2. The van der Waals surface area contributed by atoms with Crippen LogP contribution >= 0.6 is 11.6 Å². The van der Waals surface area contributed by atoms with Gasteiger partial charge in [-0.25, -0.2) is 0 Å². The monoisotopic (exact) mass is 415 g/mol. The Kier molecular flexibility index (Phi) is 4.49. The van der Waals surface area contributed by atoms with Gasteiger partial charge < -0.3 is 18.9 Å². The second-order valence-corrected chi connectivity index (χ2v) is 9.46. The largest absolute Gasteiger partial charge is 0.467 e. The van der Waals surface area contributed by atoms with E-state index in [-0.39, 0.29) is 5.60 Å². The predicted molar refractivity (Wildman–Crippen MR) is 113 cm³/mol. The molecule has 3 heterocycles. The molecule has 1 spiro atoms. The molecule has 5 rings (SSSR count). The van der Waals surface area contributed by atoms with Crippen LogP contribution in [0.3, 0.4) is 0 Å². The van der Waals surface area contributed by atoms with Crippen LogP contribution in [0.15, 0.2) is 18.2 Å². The minimum absolute atomic E-state index is 0.343. The summed E-state index contributed by atoms with van der Waals surface area (Å²) in [6.45, 7) is 4.66. The van der Waals surface area contributed by atoms with E-state index in [4.69, 9.17) is 31.0 Å². The Labute approximate surface area is 177 Å². The van der Waals surface area contributed by atoms with E-state index < -0.39 is 0 Å². The minimum Gasteiger partial charge on any atom is -0.467 e. The summed E-state index contributed by atoms with van der Waals surface area (Å²) in [5.74, 6) is 0.978. The van der Waals surface area contributed by atoms with E-state index in [0.717, 1.165) is 72.0 Å². The van der Waals surface area contributed by atoms with E-state index >= 15 is 0 Å². The summed E-state index contributed by atoms with van der Waals surface area (Å²) < 4.78 is 13.1. The molecule has 0 saturated carbocycles. The lowest BCUT2D eigenvalue weighted by molar-refractivity contribution is -0.890. The lowest BCUT2D eigenvalue weighted by Gasteiger charge is -2.41. The van der Waals surface area contributed by atoms with E-state index in [9.17, 15) is 0 Å². The van der Waals surface area contributed by atoms with Gasteiger partial charge in [0.15, 0.2) is 0 Å². The molecule has 29 heavy (non-hydrogen) atoms. The summed E-state index contributed by atoms with van der Waals surface area (Å²) >= 11 is 6.46. The van der Waals surface area contributed by atoms with Crippen molar-refractivity contribution in [2.75, 3.05) is 52.3 Å². The molecule has 1 aromatic carbocycles. The third kappa shape index (κ3) is 3.18. The van der Waals surface area contributed by atoms with Gasteiger partial charge in [0.25, 0.3) is 0 Å². The van der Waals surface area contributed by atoms with Gasteiger partial charge in [-0.1, -0.05) is 23.7 Å². The average Bonchev–Trinajstić information content (AvgIpc) is 3.06. The summed E-state index contributed by atoms with van der Waals surface area (Å²) in [5.41, 5.74) is 4.25. The molecule has 1 saturated heterocycles. The van der Waals surface area contributed by atoms with Crippen molar-refractivity contribution in [1.29, 1.82) is 0 Å². The van der Waals surface area contributed by atoms with E-state index in [2.05, 4.69) is 25.1 Å². The molecular formula is C22H28ClN4O2+. The number of aromatic nitrogens is 2. The number of likely N-dealkylation sites (N-methyl/N-ethyl adjacent to an activating group) is 1. The van der Waals surface area contributed by atoms with Crippen molar-refractivity contribution in [3.05, 3.63) is 45.6 Å². The lowest BCUT2D eigenvalue weighted by atomic mass is 9.87. The van der Waals surface area contributed by atoms with Crippen LogP contribution in [0, 0.1) is 0 Å². The van der Waals surface area contributed by atoms with Crippen LogP contribution in [-0.2, 0) is 29.8 Å². The van der Waals surface area contributed by atoms with Crippen LogP contribution in [0.2, 0.25) is 5.02 Å². The van der Waals surface area contributed by atoms with Crippen molar-refractivity contribution < 1.29 is 14.0 Å². The molecule has 0 N–H and O–H groups in total. The number of rotatable bonds is 2. The number of fused-ring (bicyclic) bond motifs is 3. The van der Waals surface area contributed by atoms with Crippen molar-refractivity contribution in [2.45, 2.75) is 31.5 Å². The Morgan fingerprint density at radius 1 is 1.17 bits per heavy atom. The fourth-order valence-electron chi connectivity index (χ4n) is 4.93. The Balaban J connectivity index is 1.52. The lowest BCUT2D eigenvalue weighted by Crippen LogP contribution is -2.55. The predicted octanol–water partition coefficient (Wildman–Crippen LogP) is 2.95. The highest BCUT2D eigenvalue weighted by Gasteiger charge is 2.45. The number of quaternary nitrogens is 1. The standard InChI is InChI=1S/C22H28ClN4O2/c1-27(2)11-9-26(10-12-27)20-16-14-29-22(13-19(16)24-21(25-20)28-3)8-7-15-17(22)5-4-6-18(15)23/h4-6H,7-14H2,1-3H3/q+1. The topological polar surface area (TPSA) is 47.5 Å². The number of halogens is 1. The summed E-state index contributed by atoms with van der Waals surface area (Å²) in [4.78, 5) is 11.9. The zero-order chi connectivity index (χ0) is 20.2. The molecule has 6 nitrogen and oxygen atoms in total. The molecule has 3 aliphatic rings. The Hall–Kier alpha value is -1.89. The minimum atomic E-state index is -0.343. The smallest absolute Gasteiger partial charge is 0.318 e. The molecule has 1 atom stereocenters. The number of methoxy groups -OCH3 is 1. The van der Waals surface area contributed by atoms with E-state index in [1.165, 1.54) is 11.1 Å². The number of hydrogen-bond donors (Lipinski definition) is 0. The van der Waals surface area contributed by atoms with Gasteiger partial charge in [-0.3, -0.25) is 0 Å². The molecule has 0 amide bonds. The molecule has 0 radical (unpaired) electrons. The van der Waals surface area contributed by atoms with Gasteiger partial charge in [-0.05, 0) is 30.0 Å². The molecular weight excluding hydrogens is 388 g/mol. The fourth-order valence-corrected chi connectivity index (χ4v) is 5.20. The Morgan fingerprint density at radius 3 is 2.72 bits per heavy atom. The van der Waals surface area contributed by atoms with Crippen molar-refractivity contribution in [3.63, 3.8) is 0 Å². The molecule has 1 aromatic heterocycles. The molecule has 1 unspecified atom stereocenters. The van der Waals surface area contributed by atoms with Gasteiger partial charge in [-0.15, -0.1) is 0 Å². The normalized spacial score (nSPS) is 25.0. The number of piperazine rings is 1. The number of anilines is 1. The second-order valence-electron chi connectivity index (χ2n) is 9.05. The Bertz CT molecular complexity index is 954. The van der Waals surface area contributed by atoms with Crippen molar-refractivity contribution in [2.24, 2.45) is 0 Å². The first-order chi connectivity index (χ1) is 13.9. The molecule has 1 aliphatic carbocycles. The highest BCUT2D eigenvalue weighted by molar-refractivity contribution is 6.31. The highest BCUT2D eigenvalue weighted by Crippen LogP contribution is 2.48. The van der Waals surface area contributed by atoms with Crippen molar-refractivity contribution >= 4 is 17.4 Å². The van der Waals surface area contributed by atoms with Gasteiger partial charge in [-0.2, -0.15) is 9.97 Å². The maximum atomic E-state index is 6.57. The maximum Gasteiger partial charge on any atom is 0.318 e. The third-order valence-corrected chi connectivity index (χ3v) is 7.17. The zero-order valence-corrected chi connectivity index (χ0v) is 18.1. The van der Waals surface area contributed by atoms with E-state index in [1.807, 2.05) is 12.1 Å². The van der Waals surface area contributed by atoms with Gasteiger partial charge >= 0.3 is 6.01 Å². The molecule has 7 heteroatoms. The zero-order valence-electron chi connectivity index (χ0n) is 17.4. The molecule has 0 bridgehead atoms. The van der Waals surface area contributed by atoms with Crippen LogP contribution < -0.4 is 9.64 Å². The van der Waals surface area contributed by atoms with Crippen LogP contribution in [-0.4, -0.2) is 61.8 Å². The first-order valence-corrected chi connectivity index (χ1v) is 10.7. The average molecular weight is 416 g/mol. The maximum absolute atomic E-state index is 6.57. The number of nitrogens with zero attached hydrogens (tertiary/aromatic N) is 4. The third-order valence-electron chi connectivity index (χ3n) is 6.82. The van der Waals surface area contributed by atoms with Crippen LogP contribution in [0.4, 0.5) is 5.82 Å². The fraction of sp³-hybridized carbons (Fsp3) is 0.545. The summed E-state index contributed by atoms with van der Waals surface area (Å²) in [6, 6.07) is 6.59. The summed E-state index contributed by atoms with van der Waals surface area (Å²) in [7, 11) is 6.20. The van der Waals surface area contributed by atoms with Gasteiger partial charge in [0.05, 0.1) is 65.3 Å².